The van der Waals surface area contributed by atoms with Gasteiger partial charge in [0, 0.05) is 23.1 Å². The molecular formula is C33H38O5. The minimum Gasteiger partial charge on any atom is -0.496 e. The van der Waals surface area contributed by atoms with E-state index in [-0.39, 0.29) is 0 Å². The highest BCUT2D eigenvalue weighted by molar-refractivity contribution is 6.15. The van der Waals surface area contributed by atoms with E-state index < -0.39 is 5.97 Å². The van der Waals surface area contributed by atoms with Crippen LogP contribution in [-0.2, 0) is 4.74 Å². The second-order valence-electron chi connectivity index (χ2n) is 9.60. The molecule has 4 aromatic rings. The molecule has 4 aromatic carbocycles. The molecule has 38 heavy (non-hydrogen) atoms. The molecule has 0 fully saturated rings. The predicted octanol–water partition coefficient (Wildman–Crippen LogP) is 7.95. The molecule has 0 spiro atoms. The van der Waals surface area contributed by atoms with Crippen molar-refractivity contribution in [2.45, 2.75) is 51.4 Å². The van der Waals surface area contributed by atoms with Crippen LogP contribution < -0.4 is 9.47 Å². The van der Waals surface area contributed by atoms with E-state index in [2.05, 4.69) is 12.1 Å². The number of hydrogen-bond donors (Lipinski definition) is 1. The number of benzene rings is 4. The summed E-state index contributed by atoms with van der Waals surface area (Å²) in [6.45, 7) is 0.881. The van der Waals surface area contributed by atoms with Crippen molar-refractivity contribution in [3.8, 4) is 22.6 Å². The molecule has 5 heteroatoms. The van der Waals surface area contributed by atoms with Crippen molar-refractivity contribution in [1.82, 2.24) is 0 Å². The summed E-state index contributed by atoms with van der Waals surface area (Å²) in [5.41, 5.74) is 2.11. The number of unbranched alkanes of at least 4 members (excludes halogenated alkanes) is 7. The van der Waals surface area contributed by atoms with Gasteiger partial charge < -0.3 is 19.3 Å². The molecule has 0 saturated heterocycles. The number of aliphatic hydroxyl groups excluding tert-OH is 1. The van der Waals surface area contributed by atoms with Gasteiger partial charge in [0.05, 0.1) is 26.4 Å². The summed E-state index contributed by atoms with van der Waals surface area (Å²) in [6, 6.07) is 22.0. The zero-order valence-electron chi connectivity index (χ0n) is 22.5. The number of carbonyl (C=O) groups excluding carboxylic acids is 1. The van der Waals surface area contributed by atoms with E-state index in [1.54, 1.807) is 7.11 Å². The maximum absolute atomic E-state index is 13.1. The summed E-state index contributed by atoms with van der Waals surface area (Å²) in [7, 11) is 3.06. The highest BCUT2D eigenvalue weighted by atomic mass is 16.5. The Balaban J connectivity index is 1.64. The van der Waals surface area contributed by atoms with Crippen molar-refractivity contribution in [3.05, 3.63) is 72.3 Å². The molecule has 0 aromatic heterocycles. The van der Waals surface area contributed by atoms with E-state index in [1.807, 2.05) is 54.6 Å². The molecule has 0 bridgehead atoms. The Morgan fingerprint density at radius 2 is 1.32 bits per heavy atom. The zero-order valence-corrected chi connectivity index (χ0v) is 22.5. The van der Waals surface area contributed by atoms with Crippen molar-refractivity contribution in [1.29, 1.82) is 0 Å². The molecule has 0 aliphatic heterocycles. The molecule has 200 valence electrons. The van der Waals surface area contributed by atoms with Crippen molar-refractivity contribution < 1.29 is 24.1 Å². The van der Waals surface area contributed by atoms with Crippen LogP contribution in [0.1, 0.15) is 61.7 Å². The first kappa shape index (κ1) is 27.5. The smallest absolute Gasteiger partial charge is 0.338 e. The minimum atomic E-state index is -0.410. The van der Waals surface area contributed by atoms with Crippen molar-refractivity contribution in [2.75, 3.05) is 27.4 Å². The first-order valence-electron chi connectivity index (χ1n) is 13.6. The summed E-state index contributed by atoms with van der Waals surface area (Å²) in [4.78, 5) is 13.1. The first-order valence-corrected chi connectivity index (χ1v) is 13.6. The van der Waals surface area contributed by atoms with Crippen LogP contribution in [0.25, 0.3) is 32.7 Å². The number of rotatable bonds is 14. The first-order chi connectivity index (χ1) is 18.7. The highest BCUT2D eigenvalue weighted by Crippen LogP contribution is 2.45. The SMILES string of the molecule is COC(=O)c1cc(OCCCCCCCCCCO)c2ccccc2c1-c1c(OC)ccc2ccccc12. The van der Waals surface area contributed by atoms with Crippen LogP contribution in [0.15, 0.2) is 66.7 Å². The number of esters is 1. The van der Waals surface area contributed by atoms with Gasteiger partial charge in [0.1, 0.15) is 11.5 Å². The van der Waals surface area contributed by atoms with Crippen molar-refractivity contribution in [3.63, 3.8) is 0 Å². The molecule has 5 nitrogen and oxygen atoms in total. The lowest BCUT2D eigenvalue weighted by molar-refractivity contribution is 0.0601. The van der Waals surface area contributed by atoms with Crippen molar-refractivity contribution >= 4 is 27.5 Å². The van der Waals surface area contributed by atoms with Crippen LogP contribution in [0, 0.1) is 0 Å². The van der Waals surface area contributed by atoms with Gasteiger partial charge in [-0.25, -0.2) is 4.79 Å². The normalized spacial score (nSPS) is 11.1. The van der Waals surface area contributed by atoms with E-state index in [1.165, 1.54) is 32.8 Å². The largest absolute Gasteiger partial charge is 0.496 e. The molecular weight excluding hydrogens is 476 g/mol. The third-order valence-corrected chi connectivity index (χ3v) is 7.08. The van der Waals surface area contributed by atoms with Gasteiger partial charge in [0.2, 0.25) is 0 Å². The van der Waals surface area contributed by atoms with E-state index in [9.17, 15) is 4.79 Å². The summed E-state index contributed by atoms with van der Waals surface area (Å²) < 4.78 is 17.3. The third kappa shape index (κ3) is 6.28. The number of carbonyl (C=O) groups is 1. The third-order valence-electron chi connectivity index (χ3n) is 7.08. The topological polar surface area (TPSA) is 65.0 Å². The number of fused-ring (bicyclic) bond motifs is 2. The molecule has 4 rings (SSSR count). The number of aliphatic hydroxyl groups is 1. The van der Waals surface area contributed by atoms with Gasteiger partial charge in [0.25, 0.3) is 0 Å². The monoisotopic (exact) mass is 514 g/mol. The standard InChI is InChI=1S/C33H38O5/c1-36-29-20-19-24-15-9-10-16-25(24)32(29)31-27-18-12-11-17-26(27)30(23-28(31)33(35)37-2)38-22-14-8-6-4-3-5-7-13-21-34/h9-12,15-20,23,34H,3-8,13-14,21-22H2,1-2H3. The molecule has 0 aliphatic rings. The van der Waals surface area contributed by atoms with Gasteiger partial charge in [-0.05, 0) is 41.1 Å². The minimum absolute atomic E-state index is 0.292. The van der Waals surface area contributed by atoms with Gasteiger partial charge in [-0.3, -0.25) is 0 Å². The van der Waals surface area contributed by atoms with E-state index in [0.717, 1.165) is 58.4 Å². The summed E-state index contributed by atoms with van der Waals surface area (Å²) >= 11 is 0. The number of methoxy groups -OCH3 is 2. The molecule has 0 amide bonds. The van der Waals surface area contributed by atoms with Gasteiger partial charge in [0.15, 0.2) is 0 Å². The molecule has 0 radical (unpaired) electrons. The predicted molar refractivity (Wildman–Crippen MR) is 154 cm³/mol. The molecule has 0 heterocycles. The summed E-state index contributed by atoms with van der Waals surface area (Å²) in [6.07, 6.45) is 8.86. The molecule has 0 atom stereocenters. The average Bonchev–Trinajstić information content (AvgIpc) is 2.96. The maximum Gasteiger partial charge on any atom is 0.338 e. The van der Waals surface area contributed by atoms with Gasteiger partial charge >= 0.3 is 5.97 Å². The van der Waals surface area contributed by atoms with E-state index >= 15 is 0 Å². The van der Waals surface area contributed by atoms with E-state index in [4.69, 9.17) is 19.3 Å². The lowest BCUT2D eigenvalue weighted by Gasteiger charge is -2.19. The van der Waals surface area contributed by atoms with Crippen LogP contribution in [0.4, 0.5) is 0 Å². The Kier molecular flexibility index (Phi) is 9.99. The molecule has 1 N–H and O–H groups in total. The van der Waals surface area contributed by atoms with E-state index in [0.29, 0.717) is 30.3 Å². The van der Waals surface area contributed by atoms with Crippen LogP contribution in [0.5, 0.6) is 11.5 Å². The lowest BCUT2D eigenvalue weighted by atomic mass is 9.89. The van der Waals surface area contributed by atoms with Gasteiger partial charge in [-0.2, -0.15) is 0 Å². The van der Waals surface area contributed by atoms with Crippen LogP contribution in [0.3, 0.4) is 0 Å². The Morgan fingerprint density at radius 1 is 0.684 bits per heavy atom. The summed E-state index contributed by atoms with van der Waals surface area (Å²) in [5.74, 6) is 0.976. The molecule has 0 aliphatic carbocycles. The molecule has 0 saturated carbocycles. The number of ether oxygens (including phenoxy) is 3. The van der Waals surface area contributed by atoms with Gasteiger partial charge in [-0.1, -0.05) is 93.1 Å². The fourth-order valence-corrected chi connectivity index (χ4v) is 5.14. The Bertz CT molecular complexity index is 1360. The Morgan fingerprint density at radius 3 is 2.00 bits per heavy atom. The summed E-state index contributed by atoms with van der Waals surface area (Å²) in [5, 5.41) is 12.8. The highest BCUT2D eigenvalue weighted by Gasteiger charge is 2.24. The fraction of sp³-hybridized carbons (Fsp3) is 0.364. The van der Waals surface area contributed by atoms with Crippen LogP contribution in [-0.4, -0.2) is 38.5 Å². The Hall–Kier alpha value is -3.57. The second kappa shape index (κ2) is 13.8. The number of hydrogen-bond acceptors (Lipinski definition) is 5. The Labute approximate surface area is 225 Å². The lowest BCUT2D eigenvalue weighted by Crippen LogP contribution is -2.07. The fourth-order valence-electron chi connectivity index (χ4n) is 5.14. The maximum atomic E-state index is 13.1. The van der Waals surface area contributed by atoms with Crippen molar-refractivity contribution in [2.24, 2.45) is 0 Å². The van der Waals surface area contributed by atoms with Gasteiger partial charge in [-0.15, -0.1) is 0 Å². The van der Waals surface area contributed by atoms with Crippen LogP contribution in [0.2, 0.25) is 0 Å². The second-order valence-corrected chi connectivity index (χ2v) is 9.60. The molecule has 0 unspecified atom stereocenters. The van der Waals surface area contributed by atoms with Crippen LogP contribution >= 0.6 is 0 Å². The quantitative estimate of drug-likeness (QED) is 0.137. The average molecular weight is 515 g/mol. The zero-order chi connectivity index (χ0) is 26.7.